The molecule has 0 spiro atoms. The fourth-order valence-corrected chi connectivity index (χ4v) is 2.41. The molecule has 0 aliphatic carbocycles. The summed E-state index contributed by atoms with van der Waals surface area (Å²) in [6, 6.07) is 8.35. The normalized spacial score (nSPS) is 12.4. The third kappa shape index (κ3) is 3.92. The highest BCUT2D eigenvalue weighted by Gasteiger charge is 2.12. The fraction of sp³-hybridized carbons (Fsp3) is 0.200. The molecule has 0 bridgehead atoms. The number of hydrogen-bond acceptors (Lipinski definition) is 1. The highest BCUT2D eigenvalue weighted by molar-refractivity contribution is 6.31. The van der Waals surface area contributed by atoms with Crippen molar-refractivity contribution in [3.8, 4) is 0 Å². The van der Waals surface area contributed by atoms with Crippen LogP contribution in [0.2, 0.25) is 10.0 Å². The van der Waals surface area contributed by atoms with E-state index in [0.29, 0.717) is 28.5 Å². The Kier molecular flexibility index (Phi) is 4.97. The molecule has 1 unspecified atom stereocenters. The van der Waals surface area contributed by atoms with Crippen LogP contribution in [-0.2, 0) is 12.8 Å². The summed E-state index contributed by atoms with van der Waals surface area (Å²) in [5.41, 5.74) is 7.25. The van der Waals surface area contributed by atoms with Crippen LogP contribution in [0.3, 0.4) is 0 Å². The molecule has 0 fully saturated rings. The molecule has 106 valence electrons. The number of rotatable bonds is 4. The monoisotopic (exact) mass is 315 g/mol. The standard InChI is InChI=1S/C15H13Cl2F2N/c16-11-3-1-10(15(19)7-11)6-13(20)5-9-2-4-12(18)8-14(9)17/h1-4,7-8,13H,5-6,20H2. The summed E-state index contributed by atoms with van der Waals surface area (Å²) < 4.78 is 26.6. The Morgan fingerprint density at radius 2 is 1.60 bits per heavy atom. The van der Waals surface area contributed by atoms with Gasteiger partial charge in [0, 0.05) is 16.1 Å². The van der Waals surface area contributed by atoms with Crippen LogP contribution < -0.4 is 5.73 Å². The van der Waals surface area contributed by atoms with Crippen LogP contribution in [0.25, 0.3) is 0 Å². The minimum atomic E-state index is -0.393. The molecule has 0 radical (unpaired) electrons. The quantitative estimate of drug-likeness (QED) is 0.890. The Morgan fingerprint density at radius 1 is 0.950 bits per heavy atom. The summed E-state index contributed by atoms with van der Waals surface area (Å²) in [6.07, 6.45) is 0.803. The van der Waals surface area contributed by atoms with E-state index in [9.17, 15) is 8.78 Å². The minimum absolute atomic E-state index is 0.311. The smallest absolute Gasteiger partial charge is 0.127 e. The number of halogens is 4. The van der Waals surface area contributed by atoms with E-state index in [4.69, 9.17) is 28.9 Å². The van der Waals surface area contributed by atoms with E-state index in [-0.39, 0.29) is 11.9 Å². The van der Waals surface area contributed by atoms with Gasteiger partial charge in [0.1, 0.15) is 11.6 Å². The Balaban J connectivity index is 2.07. The molecule has 2 aromatic rings. The SMILES string of the molecule is NC(Cc1ccc(Cl)cc1F)Cc1ccc(F)cc1Cl. The van der Waals surface area contributed by atoms with E-state index >= 15 is 0 Å². The van der Waals surface area contributed by atoms with E-state index in [1.54, 1.807) is 18.2 Å². The van der Waals surface area contributed by atoms with Crippen molar-refractivity contribution >= 4 is 23.2 Å². The van der Waals surface area contributed by atoms with Gasteiger partial charge >= 0.3 is 0 Å². The molecule has 1 nitrogen and oxygen atoms in total. The summed E-state index contributed by atoms with van der Waals surface area (Å²) in [4.78, 5) is 0. The molecule has 2 aromatic carbocycles. The summed E-state index contributed by atoms with van der Waals surface area (Å²) in [5, 5.41) is 0.679. The van der Waals surface area contributed by atoms with Gasteiger partial charge in [0.25, 0.3) is 0 Å². The van der Waals surface area contributed by atoms with Gasteiger partial charge in [-0.15, -0.1) is 0 Å². The van der Waals surface area contributed by atoms with E-state index in [1.165, 1.54) is 18.2 Å². The third-order valence-electron chi connectivity index (χ3n) is 2.99. The molecule has 20 heavy (non-hydrogen) atoms. The molecule has 5 heteroatoms. The molecule has 2 rings (SSSR count). The second kappa shape index (κ2) is 6.53. The molecular weight excluding hydrogens is 303 g/mol. The number of benzene rings is 2. The van der Waals surface area contributed by atoms with E-state index in [1.807, 2.05) is 0 Å². The molecule has 0 saturated carbocycles. The largest absolute Gasteiger partial charge is 0.327 e. The van der Waals surface area contributed by atoms with Gasteiger partial charge in [-0.2, -0.15) is 0 Å². The Hall–Kier alpha value is -1.16. The lowest BCUT2D eigenvalue weighted by Crippen LogP contribution is -2.26. The molecule has 0 aliphatic heterocycles. The van der Waals surface area contributed by atoms with Crippen molar-refractivity contribution in [3.05, 3.63) is 69.2 Å². The van der Waals surface area contributed by atoms with Crippen LogP contribution in [0.5, 0.6) is 0 Å². The zero-order valence-corrected chi connectivity index (χ0v) is 12.1. The number of nitrogens with two attached hydrogens (primary N) is 1. The lowest BCUT2D eigenvalue weighted by atomic mass is 9.99. The Labute approximate surface area is 126 Å². The van der Waals surface area contributed by atoms with Crippen molar-refractivity contribution in [3.63, 3.8) is 0 Å². The minimum Gasteiger partial charge on any atom is -0.327 e. The fourth-order valence-electron chi connectivity index (χ4n) is 2.01. The van der Waals surface area contributed by atoms with Gasteiger partial charge in [0.05, 0.1) is 0 Å². The second-order valence-corrected chi connectivity index (χ2v) is 5.48. The Morgan fingerprint density at radius 3 is 2.25 bits per heavy atom. The molecular formula is C15H13Cl2F2N. The van der Waals surface area contributed by atoms with Crippen LogP contribution >= 0.6 is 23.2 Å². The molecule has 0 aliphatic rings. The maximum absolute atomic E-state index is 13.7. The summed E-state index contributed by atoms with van der Waals surface area (Å²) >= 11 is 11.6. The van der Waals surface area contributed by atoms with Crippen molar-refractivity contribution < 1.29 is 8.78 Å². The van der Waals surface area contributed by atoms with Gasteiger partial charge in [-0.1, -0.05) is 35.3 Å². The molecule has 2 N–H and O–H groups in total. The zero-order chi connectivity index (χ0) is 14.7. The Bertz CT molecular complexity index is 563. The van der Waals surface area contributed by atoms with Crippen molar-refractivity contribution in [2.24, 2.45) is 5.73 Å². The predicted octanol–water partition coefficient (Wildman–Crippen LogP) is 4.38. The third-order valence-corrected chi connectivity index (χ3v) is 3.58. The summed E-state index contributed by atoms with van der Waals surface area (Å²) in [5.74, 6) is -0.769. The van der Waals surface area contributed by atoms with Crippen LogP contribution in [-0.4, -0.2) is 6.04 Å². The van der Waals surface area contributed by atoms with Crippen LogP contribution in [0.1, 0.15) is 11.1 Å². The topological polar surface area (TPSA) is 26.0 Å². The van der Waals surface area contributed by atoms with Gasteiger partial charge in [-0.25, -0.2) is 8.78 Å². The van der Waals surface area contributed by atoms with E-state index in [0.717, 1.165) is 5.56 Å². The highest BCUT2D eigenvalue weighted by Crippen LogP contribution is 2.20. The van der Waals surface area contributed by atoms with Gasteiger partial charge in [0.2, 0.25) is 0 Å². The van der Waals surface area contributed by atoms with Crippen molar-refractivity contribution in [1.82, 2.24) is 0 Å². The van der Waals surface area contributed by atoms with Crippen LogP contribution in [0, 0.1) is 11.6 Å². The van der Waals surface area contributed by atoms with Gasteiger partial charge in [-0.3, -0.25) is 0 Å². The molecule has 0 amide bonds. The summed E-state index contributed by atoms with van der Waals surface area (Å²) in [6.45, 7) is 0. The first-order valence-electron chi connectivity index (χ1n) is 6.09. The first-order chi connectivity index (χ1) is 9.45. The van der Waals surface area contributed by atoms with E-state index < -0.39 is 5.82 Å². The first kappa shape index (κ1) is 15.2. The predicted molar refractivity (Wildman–Crippen MR) is 78.2 cm³/mol. The molecule has 1 atom stereocenters. The molecule has 0 aromatic heterocycles. The van der Waals surface area contributed by atoms with Gasteiger partial charge < -0.3 is 5.73 Å². The average Bonchev–Trinajstić information content (AvgIpc) is 2.36. The summed E-state index contributed by atoms with van der Waals surface area (Å²) in [7, 11) is 0. The van der Waals surface area contributed by atoms with Crippen molar-refractivity contribution in [1.29, 1.82) is 0 Å². The maximum atomic E-state index is 13.7. The first-order valence-corrected chi connectivity index (χ1v) is 6.84. The van der Waals surface area contributed by atoms with E-state index in [2.05, 4.69) is 0 Å². The lowest BCUT2D eigenvalue weighted by Gasteiger charge is -2.13. The number of hydrogen-bond donors (Lipinski definition) is 1. The zero-order valence-electron chi connectivity index (χ0n) is 10.5. The molecule has 0 heterocycles. The lowest BCUT2D eigenvalue weighted by molar-refractivity contribution is 0.583. The second-order valence-electron chi connectivity index (χ2n) is 4.64. The highest BCUT2D eigenvalue weighted by atomic mass is 35.5. The van der Waals surface area contributed by atoms with Crippen LogP contribution in [0.4, 0.5) is 8.78 Å². The van der Waals surface area contributed by atoms with Crippen molar-refractivity contribution in [2.45, 2.75) is 18.9 Å². The molecule has 0 saturated heterocycles. The van der Waals surface area contributed by atoms with Crippen LogP contribution in [0.15, 0.2) is 36.4 Å². The van der Waals surface area contributed by atoms with Gasteiger partial charge in [0.15, 0.2) is 0 Å². The van der Waals surface area contributed by atoms with Crippen molar-refractivity contribution in [2.75, 3.05) is 0 Å². The maximum Gasteiger partial charge on any atom is 0.127 e. The van der Waals surface area contributed by atoms with Gasteiger partial charge in [-0.05, 0) is 48.2 Å². The average molecular weight is 316 g/mol.